The van der Waals surface area contributed by atoms with Gasteiger partial charge in [-0.25, -0.2) is 4.99 Å². The Balaban J connectivity index is 2.43. The van der Waals surface area contributed by atoms with Crippen LogP contribution in [0.4, 0.5) is 11.4 Å². The average Bonchev–Trinajstić information content (AvgIpc) is 2.43. The molecular formula is C15H23N5O. The molecule has 0 aromatic heterocycles. The monoisotopic (exact) mass is 289 g/mol. The van der Waals surface area contributed by atoms with E-state index in [4.69, 9.17) is 11.5 Å². The van der Waals surface area contributed by atoms with Crippen molar-refractivity contribution in [2.24, 2.45) is 10.7 Å². The predicted molar refractivity (Wildman–Crippen MR) is 86.2 cm³/mol. The van der Waals surface area contributed by atoms with Crippen molar-refractivity contribution in [1.82, 2.24) is 4.90 Å². The first-order valence-electron chi connectivity index (χ1n) is 7.01. The average molecular weight is 289 g/mol. The predicted octanol–water partition coefficient (Wildman–Crippen LogP) is 1.12. The molecule has 0 spiro atoms. The van der Waals surface area contributed by atoms with E-state index >= 15 is 0 Å². The fourth-order valence-corrected chi connectivity index (χ4v) is 2.48. The fourth-order valence-electron chi connectivity index (χ4n) is 2.48. The second-order valence-electron chi connectivity index (χ2n) is 5.66. The Hall–Kier alpha value is -2.24. The largest absolute Gasteiger partial charge is 0.397 e. The van der Waals surface area contributed by atoms with Crippen molar-refractivity contribution >= 4 is 23.2 Å². The van der Waals surface area contributed by atoms with E-state index in [2.05, 4.69) is 16.8 Å². The van der Waals surface area contributed by atoms with Crippen LogP contribution in [0.1, 0.15) is 25.8 Å². The molecule has 1 aromatic carbocycles. The van der Waals surface area contributed by atoms with E-state index in [-0.39, 0.29) is 18.3 Å². The van der Waals surface area contributed by atoms with E-state index in [1.165, 1.54) is 4.90 Å². The normalized spacial score (nSPS) is 22.2. The van der Waals surface area contributed by atoms with Gasteiger partial charge in [0.1, 0.15) is 0 Å². The third kappa shape index (κ3) is 2.66. The topological polar surface area (TPSA) is 88.0 Å². The Morgan fingerprint density at radius 3 is 2.62 bits per heavy atom. The summed E-state index contributed by atoms with van der Waals surface area (Å²) >= 11 is 0. The van der Waals surface area contributed by atoms with E-state index in [0.29, 0.717) is 5.69 Å². The van der Waals surface area contributed by atoms with Crippen LogP contribution < -0.4 is 16.4 Å². The van der Waals surface area contributed by atoms with Gasteiger partial charge in [0.25, 0.3) is 0 Å². The number of hydrogen-bond acceptors (Lipinski definition) is 5. The zero-order chi connectivity index (χ0) is 15.8. The number of guanidine groups is 1. The number of anilines is 2. The number of aliphatic imine (C=N–C) groups is 1. The van der Waals surface area contributed by atoms with Crippen LogP contribution in [0.3, 0.4) is 0 Å². The molecule has 0 saturated carbocycles. The molecule has 1 amide bonds. The van der Waals surface area contributed by atoms with Gasteiger partial charge in [-0.3, -0.25) is 9.69 Å². The molecule has 4 N–H and O–H groups in total. The summed E-state index contributed by atoms with van der Waals surface area (Å²) in [7, 11) is 3.62. The molecule has 1 aliphatic heterocycles. The highest BCUT2D eigenvalue weighted by atomic mass is 16.2. The molecule has 0 radical (unpaired) electrons. The number of hydrogen-bond donors (Lipinski definition) is 2. The minimum absolute atomic E-state index is 0.0432. The van der Waals surface area contributed by atoms with Crippen molar-refractivity contribution in [2.75, 3.05) is 31.3 Å². The van der Waals surface area contributed by atoms with Crippen LogP contribution in [0.25, 0.3) is 0 Å². The van der Waals surface area contributed by atoms with Crippen LogP contribution in [0.5, 0.6) is 0 Å². The van der Waals surface area contributed by atoms with E-state index in [1.807, 2.05) is 32.2 Å². The number of amides is 1. The Bertz CT molecular complexity index is 598. The molecule has 1 aromatic rings. The van der Waals surface area contributed by atoms with Crippen molar-refractivity contribution < 1.29 is 4.79 Å². The first-order valence-corrected chi connectivity index (χ1v) is 7.01. The number of nitrogens with zero attached hydrogens (tertiary/aromatic N) is 3. The van der Waals surface area contributed by atoms with Crippen LogP contribution in [-0.2, 0) is 10.3 Å². The molecule has 0 fully saturated rings. The van der Waals surface area contributed by atoms with Crippen molar-refractivity contribution in [3.8, 4) is 0 Å². The van der Waals surface area contributed by atoms with Crippen LogP contribution in [0.2, 0.25) is 0 Å². The quantitative estimate of drug-likeness (QED) is 0.816. The minimum Gasteiger partial charge on any atom is -0.397 e. The summed E-state index contributed by atoms with van der Waals surface area (Å²) in [5.74, 6) is 0.195. The van der Waals surface area contributed by atoms with Crippen LogP contribution >= 0.6 is 0 Å². The highest BCUT2D eigenvalue weighted by Gasteiger charge is 2.36. The van der Waals surface area contributed by atoms with Gasteiger partial charge < -0.3 is 16.4 Å². The third-order valence-corrected chi connectivity index (χ3v) is 4.11. The Kier molecular flexibility index (Phi) is 3.80. The lowest BCUT2D eigenvalue weighted by Crippen LogP contribution is -2.47. The molecule has 6 nitrogen and oxygen atoms in total. The molecule has 21 heavy (non-hydrogen) atoms. The van der Waals surface area contributed by atoms with Gasteiger partial charge >= 0.3 is 0 Å². The molecule has 0 bridgehead atoms. The summed E-state index contributed by atoms with van der Waals surface area (Å²) in [5.41, 5.74) is 13.9. The number of nitrogens with two attached hydrogens (primary N) is 2. The molecule has 6 heteroatoms. The maximum absolute atomic E-state index is 12.0. The van der Waals surface area contributed by atoms with E-state index in [0.717, 1.165) is 17.8 Å². The van der Waals surface area contributed by atoms with Crippen molar-refractivity contribution in [1.29, 1.82) is 0 Å². The molecule has 1 atom stereocenters. The molecule has 114 valence electrons. The second-order valence-corrected chi connectivity index (χ2v) is 5.66. The van der Waals surface area contributed by atoms with Crippen LogP contribution in [0.15, 0.2) is 23.2 Å². The highest BCUT2D eigenvalue weighted by Crippen LogP contribution is 2.36. The summed E-state index contributed by atoms with van der Waals surface area (Å²) in [4.78, 5) is 20.0. The summed E-state index contributed by atoms with van der Waals surface area (Å²) < 4.78 is 0. The maximum atomic E-state index is 12.0. The zero-order valence-corrected chi connectivity index (χ0v) is 13.1. The fraction of sp³-hybridized carbons (Fsp3) is 0.467. The molecule has 1 unspecified atom stereocenters. The minimum atomic E-state index is -0.662. The van der Waals surface area contributed by atoms with Crippen LogP contribution in [0, 0.1) is 0 Å². The standard InChI is InChI=1S/C15H23N5O/c1-5-19(3)12-7-6-10(8-11(12)16)15(2)9-13(21)20(4)14(17)18-15/h6-8H,5,9,16H2,1-4H3,(H2,17,18). The molecule has 1 heterocycles. The van der Waals surface area contributed by atoms with Crippen molar-refractivity contribution in [3.05, 3.63) is 23.8 Å². The summed E-state index contributed by atoms with van der Waals surface area (Å²) in [6.07, 6.45) is 0.284. The number of nitrogen functional groups attached to an aromatic ring is 1. The smallest absolute Gasteiger partial charge is 0.231 e. The molecule has 2 rings (SSSR count). The highest BCUT2D eigenvalue weighted by molar-refractivity contribution is 5.98. The maximum Gasteiger partial charge on any atom is 0.231 e. The van der Waals surface area contributed by atoms with Gasteiger partial charge in [-0.2, -0.15) is 0 Å². The number of carbonyl (C=O) groups excluding carboxylic acids is 1. The number of carbonyl (C=O) groups is 1. The van der Waals surface area contributed by atoms with Gasteiger partial charge in [0.15, 0.2) is 5.96 Å². The summed E-state index contributed by atoms with van der Waals surface area (Å²) in [6, 6.07) is 5.82. The lowest BCUT2D eigenvalue weighted by molar-refractivity contribution is -0.128. The first kappa shape index (κ1) is 15.2. The molecule has 0 saturated heterocycles. The van der Waals surface area contributed by atoms with Gasteiger partial charge in [-0.15, -0.1) is 0 Å². The third-order valence-electron chi connectivity index (χ3n) is 4.11. The summed E-state index contributed by atoms with van der Waals surface area (Å²) in [6.45, 7) is 4.84. The van der Waals surface area contributed by atoms with Gasteiger partial charge in [0, 0.05) is 20.6 Å². The lowest BCUT2D eigenvalue weighted by Gasteiger charge is -2.34. The second kappa shape index (κ2) is 5.27. The van der Waals surface area contributed by atoms with E-state index < -0.39 is 5.54 Å². The Labute approximate surface area is 125 Å². The van der Waals surface area contributed by atoms with Gasteiger partial charge in [-0.1, -0.05) is 6.07 Å². The summed E-state index contributed by atoms with van der Waals surface area (Å²) in [5, 5.41) is 0. The number of benzene rings is 1. The van der Waals surface area contributed by atoms with Crippen molar-refractivity contribution in [2.45, 2.75) is 25.8 Å². The van der Waals surface area contributed by atoms with E-state index in [9.17, 15) is 4.79 Å². The Morgan fingerprint density at radius 2 is 2.10 bits per heavy atom. The van der Waals surface area contributed by atoms with Crippen LogP contribution in [-0.4, -0.2) is 37.4 Å². The SMILES string of the molecule is CCN(C)c1ccc(C2(C)CC(=O)N(C)C(N)=N2)cc1N. The van der Waals surface area contributed by atoms with Gasteiger partial charge in [0.2, 0.25) is 5.91 Å². The van der Waals surface area contributed by atoms with Gasteiger partial charge in [0.05, 0.1) is 23.3 Å². The molecule has 0 aliphatic carbocycles. The van der Waals surface area contributed by atoms with E-state index in [1.54, 1.807) is 7.05 Å². The molecular weight excluding hydrogens is 266 g/mol. The van der Waals surface area contributed by atoms with Crippen molar-refractivity contribution in [3.63, 3.8) is 0 Å². The lowest BCUT2D eigenvalue weighted by atomic mass is 9.87. The zero-order valence-electron chi connectivity index (χ0n) is 13.1. The van der Waals surface area contributed by atoms with Gasteiger partial charge in [-0.05, 0) is 31.5 Å². The molecule has 1 aliphatic rings. The Morgan fingerprint density at radius 1 is 1.43 bits per heavy atom. The number of rotatable bonds is 3. The first-order chi connectivity index (χ1) is 9.78.